The molecule has 2 N–H and O–H groups in total. The third-order valence-electron chi connectivity index (χ3n) is 5.91. The molecule has 1 fully saturated rings. The summed E-state index contributed by atoms with van der Waals surface area (Å²) in [6.07, 6.45) is 4.44. The molecule has 0 aliphatic heterocycles. The van der Waals surface area contributed by atoms with Gasteiger partial charge in [0.05, 0.1) is 18.5 Å². The third-order valence-corrected chi connectivity index (χ3v) is 5.91. The first kappa shape index (κ1) is 24.4. The largest absolute Gasteiger partial charge is 0.469 e. The van der Waals surface area contributed by atoms with Crippen molar-refractivity contribution in [3.8, 4) is 0 Å². The summed E-state index contributed by atoms with van der Waals surface area (Å²) in [5.74, 6) is 1.56. The molecule has 0 amide bonds. The topological polar surface area (TPSA) is 120 Å². The van der Waals surface area contributed by atoms with E-state index < -0.39 is 11.7 Å². The van der Waals surface area contributed by atoms with E-state index in [4.69, 9.17) is 14.5 Å². The van der Waals surface area contributed by atoms with Crippen LogP contribution in [0.2, 0.25) is 0 Å². The summed E-state index contributed by atoms with van der Waals surface area (Å²) in [6.45, 7) is 7.22. The molecule has 4 rings (SSSR count). The number of hydrogen-bond donors (Lipinski definition) is 2. The summed E-state index contributed by atoms with van der Waals surface area (Å²) < 4.78 is 11.6. The zero-order valence-electron chi connectivity index (χ0n) is 20.8. The number of aromatic nitrogens is 4. The highest BCUT2D eigenvalue weighted by molar-refractivity contribution is 5.91. The predicted molar refractivity (Wildman–Crippen MR) is 133 cm³/mol. The van der Waals surface area contributed by atoms with E-state index in [0.29, 0.717) is 23.1 Å². The summed E-state index contributed by atoms with van der Waals surface area (Å²) in [4.78, 5) is 33.6. The van der Waals surface area contributed by atoms with Gasteiger partial charge < -0.3 is 20.1 Å². The van der Waals surface area contributed by atoms with E-state index in [1.807, 2.05) is 39.0 Å². The van der Waals surface area contributed by atoms with Gasteiger partial charge in [0.2, 0.25) is 0 Å². The molecule has 0 unspecified atom stereocenters. The Balaban J connectivity index is 1.54. The van der Waals surface area contributed by atoms with Crippen molar-refractivity contribution in [1.82, 2.24) is 19.7 Å². The predicted octanol–water partition coefficient (Wildman–Crippen LogP) is 4.81. The van der Waals surface area contributed by atoms with E-state index in [9.17, 15) is 9.59 Å². The van der Waals surface area contributed by atoms with Crippen LogP contribution in [0.15, 0.2) is 30.5 Å². The summed E-state index contributed by atoms with van der Waals surface area (Å²) in [7, 11) is 1.44. The third kappa shape index (κ3) is 5.87. The maximum absolute atomic E-state index is 12.5. The van der Waals surface area contributed by atoms with Gasteiger partial charge in [-0.3, -0.25) is 9.78 Å². The monoisotopic (exact) mass is 480 g/mol. The summed E-state index contributed by atoms with van der Waals surface area (Å²) in [6, 6.07) is 7.65. The van der Waals surface area contributed by atoms with E-state index in [2.05, 4.69) is 20.7 Å². The van der Waals surface area contributed by atoms with Crippen LogP contribution in [-0.4, -0.2) is 50.6 Å². The molecule has 186 valence electrons. The van der Waals surface area contributed by atoms with Crippen LogP contribution in [-0.2, 0) is 14.3 Å². The zero-order valence-corrected chi connectivity index (χ0v) is 20.8. The normalized spacial score (nSPS) is 18.2. The Morgan fingerprint density at radius 1 is 1.11 bits per heavy atom. The average molecular weight is 481 g/mol. The van der Waals surface area contributed by atoms with Gasteiger partial charge >= 0.3 is 12.1 Å². The highest BCUT2D eigenvalue weighted by Gasteiger charge is 2.27. The van der Waals surface area contributed by atoms with Crippen molar-refractivity contribution in [3.05, 3.63) is 36.2 Å². The van der Waals surface area contributed by atoms with Crippen LogP contribution in [0.4, 0.5) is 22.2 Å². The number of hydrogen-bond acceptors (Lipinski definition) is 9. The van der Waals surface area contributed by atoms with E-state index in [1.165, 1.54) is 11.8 Å². The molecule has 0 spiro atoms. The van der Waals surface area contributed by atoms with Gasteiger partial charge in [-0.25, -0.2) is 9.78 Å². The second-order valence-corrected chi connectivity index (χ2v) is 9.83. The molecule has 0 atom stereocenters. The number of esters is 1. The van der Waals surface area contributed by atoms with Crippen molar-refractivity contribution in [2.24, 2.45) is 5.92 Å². The quantitative estimate of drug-likeness (QED) is 0.496. The molecule has 1 aliphatic rings. The molecule has 10 heteroatoms. The number of ether oxygens (including phenoxy) is 2. The van der Waals surface area contributed by atoms with E-state index in [1.54, 1.807) is 19.2 Å². The fourth-order valence-electron chi connectivity index (χ4n) is 4.24. The van der Waals surface area contributed by atoms with Crippen LogP contribution in [0.5, 0.6) is 0 Å². The Kier molecular flexibility index (Phi) is 6.90. The molecular weight excluding hydrogens is 448 g/mol. The first-order valence-corrected chi connectivity index (χ1v) is 11.8. The Morgan fingerprint density at radius 3 is 2.54 bits per heavy atom. The van der Waals surface area contributed by atoms with Gasteiger partial charge in [0.15, 0.2) is 5.82 Å². The summed E-state index contributed by atoms with van der Waals surface area (Å²) in [5.41, 5.74) is 0.797. The molecule has 35 heavy (non-hydrogen) atoms. The number of rotatable bonds is 5. The lowest BCUT2D eigenvalue weighted by Gasteiger charge is -2.28. The first-order valence-electron chi connectivity index (χ1n) is 11.8. The highest BCUT2D eigenvalue weighted by atomic mass is 16.6. The molecule has 3 aromatic rings. The number of anilines is 3. The second-order valence-electron chi connectivity index (χ2n) is 9.83. The van der Waals surface area contributed by atoms with Crippen LogP contribution >= 0.6 is 0 Å². The standard InChI is InChI=1S/C25H32N6O4/c1-15-13-21(30-31(15)24(33)35-25(2,3)4)28-20-14-19-18(7-6-12-26-19)22(29-20)27-17-10-8-16(9-11-17)23(32)34-5/h6-7,12-14,16-17H,8-11H2,1-5H3,(H2,27,28,29,30). The molecular formula is C25H32N6O4. The smallest absolute Gasteiger partial charge is 0.435 e. The molecule has 10 nitrogen and oxygen atoms in total. The van der Waals surface area contributed by atoms with E-state index >= 15 is 0 Å². The number of carbonyl (C=O) groups excluding carboxylic acids is 2. The Labute approximate surface area is 204 Å². The minimum Gasteiger partial charge on any atom is -0.469 e. The maximum atomic E-state index is 12.5. The van der Waals surface area contributed by atoms with Crippen LogP contribution in [0.1, 0.15) is 52.1 Å². The number of nitrogens with one attached hydrogen (secondary N) is 2. The van der Waals surface area contributed by atoms with Gasteiger partial charge in [-0.1, -0.05) is 0 Å². The summed E-state index contributed by atoms with van der Waals surface area (Å²) in [5, 5.41) is 12.0. The van der Waals surface area contributed by atoms with Gasteiger partial charge in [-0.05, 0) is 65.5 Å². The van der Waals surface area contributed by atoms with Crippen molar-refractivity contribution >= 4 is 40.4 Å². The van der Waals surface area contributed by atoms with E-state index in [0.717, 1.165) is 36.6 Å². The number of aryl methyl sites for hydroxylation is 1. The second kappa shape index (κ2) is 9.89. The minimum atomic E-state index is -0.620. The SMILES string of the molecule is COC(=O)C1CCC(Nc2nc(Nc3cc(C)n(C(=O)OC(C)(C)C)n3)cc3ncccc23)CC1. The van der Waals surface area contributed by atoms with Crippen LogP contribution < -0.4 is 10.6 Å². The molecule has 0 aromatic carbocycles. The minimum absolute atomic E-state index is 0.0410. The number of carbonyl (C=O) groups is 2. The van der Waals surface area contributed by atoms with Gasteiger partial charge in [0.1, 0.15) is 17.2 Å². The zero-order chi connectivity index (χ0) is 25.2. The molecule has 1 saturated carbocycles. The van der Waals surface area contributed by atoms with Crippen LogP contribution in [0, 0.1) is 12.8 Å². The number of nitrogens with zero attached hydrogens (tertiary/aromatic N) is 4. The summed E-state index contributed by atoms with van der Waals surface area (Å²) >= 11 is 0. The molecule has 0 saturated heterocycles. The molecule has 3 aromatic heterocycles. The van der Waals surface area contributed by atoms with Gasteiger partial charge in [-0.2, -0.15) is 4.68 Å². The highest BCUT2D eigenvalue weighted by Crippen LogP contribution is 2.30. The lowest BCUT2D eigenvalue weighted by molar-refractivity contribution is -0.146. The molecule has 1 aliphatic carbocycles. The fourth-order valence-corrected chi connectivity index (χ4v) is 4.24. The van der Waals surface area contributed by atoms with Gasteiger partial charge in [0, 0.05) is 35.5 Å². The average Bonchev–Trinajstić information content (AvgIpc) is 3.18. The lowest BCUT2D eigenvalue weighted by atomic mass is 9.86. The number of methoxy groups -OCH3 is 1. The molecule has 0 radical (unpaired) electrons. The van der Waals surface area contributed by atoms with Crippen LogP contribution in [0.25, 0.3) is 10.9 Å². The Hall–Kier alpha value is -3.69. The van der Waals surface area contributed by atoms with Crippen molar-refractivity contribution < 1.29 is 19.1 Å². The maximum Gasteiger partial charge on any atom is 0.435 e. The van der Waals surface area contributed by atoms with Crippen molar-refractivity contribution in [3.63, 3.8) is 0 Å². The van der Waals surface area contributed by atoms with Crippen molar-refractivity contribution in [2.75, 3.05) is 17.7 Å². The van der Waals surface area contributed by atoms with Gasteiger partial charge in [0.25, 0.3) is 0 Å². The van der Waals surface area contributed by atoms with Crippen molar-refractivity contribution in [2.45, 2.75) is 65.0 Å². The lowest BCUT2D eigenvalue weighted by Crippen LogP contribution is -2.30. The molecule has 0 bridgehead atoms. The molecule has 3 heterocycles. The first-order chi connectivity index (χ1) is 16.6. The number of pyridine rings is 2. The van der Waals surface area contributed by atoms with E-state index in [-0.39, 0.29) is 17.9 Å². The fraction of sp³-hybridized carbons (Fsp3) is 0.480. The van der Waals surface area contributed by atoms with Gasteiger partial charge in [-0.15, -0.1) is 5.10 Å². The Morgan fingerprint density at radius 2 is 1.86 bits per heavy atom. The van der Waals surface area contributed by atoms with Crippen LogP contribution in [0.3, 0.4) is 0 Å². The number of fused-ring (bicyclic) bond motifs is 1. The van der Waals surface area contributed by atoms with Crippen molar-refractivity contribution in [1.29, 1.82) is 0 Å². The Bertz CT molecular complexity index is 1220.